The summed E-state index contributed by atoms with van der Waals surface area (Å²) in [5, 5.41) is 13.9. The van der Waals surface area contributed by atoms with E-state index in [-0.39, 0.29) is 33.9 Å². The van der Waals surface area contributed by atoms with E-state index in [9.17, 15) is 14.9 Å². The van der Waals surface area contributed by atoms with Gasteiger partial charge in [0.15, 0.2) is 5.16 Å². The first kappa shape index (κ1) is 17.5. The predicted octanol–water partition coefficient (Wildman–Crippen LogP) is 1.90. The number of hydrogen-bond acceptors (Lipinski definition) is 8. The van der Waals surface area contributed by atoms with Crippen LogP contribution in [0.25, 0.3) is 0 Å². The second kappa shape index (κ2) is 7.13. The maximum absolute atomic E-state index is 12.1. The molecule has 126 valence electrons. The number of nitro benzene ring substituents is 1. The molecular formula is C14H16N6O3S. The molecule has 0 spiro atoms. The van der Waals surface area contributed by atoms with Crippen molar-refractivity contribution in [3.63, 3.8) is 0 Å². The number of nitrogens with two attached hydrogens (primary N) is 2. The molecule has 0 radical (unpaired) electrons. The number of hydrogen-bond donors (Lipinski definition) is 3. The van der Waals surface area contributed by atoms with Crippen molar-refractivity contribution >= 4 is 40.7 Å². The highest BCUT2D eigenvalue weighted by Crippen LogP contribution is 2.28. The lowest BCUT2D eigenvalue weighted by molar-refractivity contribution is -0.384. The number of nitrogen functional groups attached to an aromatic ring is 2. The molecule has 0 unspecified atom stereocenters. The van der Waals surface area contributed by atoms with E-state index in [0.29, 0.717) is 0 Å². The number of carbonyl (C=O) groups excluding carboxylic acids is 1. The maximum atomic E-state index is 12.1. The first-order valence-electron chi connectivity index (χ1n) is 6.84. The Morgan fingerprint density at radius 1 is 1.21 bits per heavy atom. The van der Waals surface area contributed by atoms with E-state index in [4.69, 9.17) is 11.5 Å². The standard InChI is InChI=1S/C14H16N6O3S/c1-7-3-9(10(20(22)23)4-8(7)2)17-13(21)6-24-14-18-11(15)5-12(16)19-14/h3-5H,6H2,1-2H3,(H,17,21)(H4,15,16,18,19). The number of nitro groups is 1. The van der Waals surface area contributed by atoms with Crippen LogP contribution >= 0.6 is 11.8 Å². The number of amides is 1. The molecule has 0 saturated carbocycles. The molecule has 1 aromatic carbocycles. The van der Waals surface area contributed by atoms with Crippen LogP contribution in [0, 0.1) is 24.0 Å². The molecule has 0 aliphatic rings. The minimum Gasteiger partial charge on any atom is -0.383 e. The molecule has 0 bridgehead atoms. The van der Waals surface area contributed by atoms with Crippen LogP contribution in [-0.4, -0.2) is 26.6 Å². The number of anilines is 3. The summed E-state index contributed by atoms with van der Waals surface area (Å²) >= 11 is 1.03. The van der Waals surface area contributed by atoms with Gasteiger partial charge in [0.2, 0.25) is 5.91 Å². The third-order valence-electron chi connectivity index (χ3n) is 3.16. The number of aromatic nitrogens is 2. The lowest BCUT2D eigenvalue weighted by atomic mass is 10.1. The quantitative estimate of drug-likeness (QED) is 0.321. The van der Waals surface area contributed by atoms with Crippen molar-refractivity contribution in [3.05, 3.63) is 39.4 Å². The summed E-state index contributed by atoms with van der Waals surface area (Å²) in [6, 6.07) is 4.41. The highest BCUT2D eigenvalue weighted by Gasteiger charge is 2.18. The van der Waals surface area contributed by atoms with Crippen molar-refractivity contribution < 1.29 is 9.72 Å². The molecule has 0 fully saturated rings. The molecule has 10 heteroatoms. The van der Waals surface area contributed by atoms with Crippen molar-refractivity contribution in [2.75, 3.05) is 22.5 Å². The summed E-state index contributed by atoms with van der Waals surface area (Å²) in [6.45, 7) is 3.58. The molecule has 2 rings (SSSR count). The molecule has 1 heterocycles. The van der Waals surface area contributed by atoms with Gasteiger partial charge in [-0.15, -0.1) is 0 Å². The zero-order valence-electron chi connectivity index (χ0n) is 13.1. The number of benzene rings is 1. The molecule has 0 aliphatic heterocycles. The van der Waals surface area contributed by atoms with E-state index in [1.54, 1.807) is 13.0 Å². The minimum absolute atomic E-state index is 0.0348. The van der Waals surface area contributed by atoms with Gasteiger partial charge in [0.25, 0.3) is 5.69 Å². The summed E-state index contributed by atoms with van der Waals surface area (Å²) in [5.41, 5.74) is 12.7. The molecule has 24 heavy (non-hydrogen) atoms. The van der Waals surface area contributed by atoms with Crippen LogP contribution in [0.5, 0.6) is 0 Å². The second-order valence-corrected chi connectivity index (χ2v) is 5.99. The van der Waals surface area contributed by atoms with Crippen LogP contribution in [0.3, 0.4) is 0 Å². The van der Waals surface area contributed by atoms with E-state index in [1.807, 2.05) is 6.92 Å². The van der Waals surface area contributed by atoms with Crippen molar-refractivity contribution in [2.24, 2.45) is 0 Å². The highest BCUT2D eigenvalue weighted by molar-refractivity contribution is 7.99. The van der Waals surface area contributed by atoms with Crippen molar-refractivity contribution in [2.45, 2.75) is 19.0 Å². The van der Waals surface area contributed by atoms with Crippen molar-refractivity contribution in [1.82, 2.24) is 9.97 Å². The Bertz CT molecular complexity index is 791. The van der Waals surface area contributed by atoms with Gasteiger partial charge < -0.3 is 16.8 Å². The van der Waals surface area contributed by atoms with Gasteiger partial charge >= 0.3 is 0 Å². The first-order chi connectivity index (χ1) is 11.3. The van der Waals surface area contributed by atoms with E-state index in [1.165, 1.54) is 12.1 Å². The normalized spacial score (nSPS) is 10.4. The van der Waals surface area contributed by atoms with E-state index >= 15 is 0 Å². The molecule has 5 N–H and O–H groups in total. The number of nitrogens with zero attached hydrogens (tertiary/aromatic N) is 3. The third kappa shape index (κ3) is 4.32. The summed E-state index contributed by atoms with van der Waals surface area (Å²) in [7, 11) is 0. The van der Waals surface area contributed by atoms with Gasteiger partial charge in [-0.2, -0.15) is 0 Å². The zero-order chi connectivity index (χ0) is 17.9. The fourth-order valence-electron chi connectivity index (χ4n) is 1.89. The lowest BCUT2D eigenvalue weighted by Gasteiger charge is -2.09. The molecule has 9 nitrogen and oxygen atoms in total. The Labute approximate surface area is 142 Å². The Kier molecular flexibility index (Phi) is 5.19. The Balaban J connectivity index is 2.09. The van der Waals surface area contributed by atoms with Gasteiger partial charge in [-0.3, -0.25) is 14.9 Å². The average molecular weight is 348 g/mol. The maximum Gasteiger partial charge on any atom is 0.293 e. The third-order valence-corrected chi connectivity index (χ3v) is 4.01. The Morgan fingerprint density at radius 3 is 2.38 bits per heavy atom. The van der Waals surface area contributed by atoms with Crippen LogP contribution in [0.15, 0.2) is 23.4 Å². The van der Waals surface area contributed by atoms with E-state index < -0.39 is 10.8 Å². The van der Waals surface area contributed by atoms with Gasteiger partial charge in [0, 0.05) is 12.1 Å². The van der Waals surface area contributed by atoms with Crippen LogP contribution in [0.1, 0.15) is 11.1 Å². The largest absolute Gasteiger partial charge is 0.383 e. The summed E-state index contributed by atoms with van der Waals surface area (Å²) in [5.74, 6) is -0.0474. The lowest BCUT2D eigenvalue weighted by Crippen LogP contribution is -2.16. The summed E-state index contributed by atoms with van der Waals surface area (Å²) in [4.78, 5) is 30.5. The fraction of sp³-hybridized carbons (Fsp3) is 0.214. The molecular weight excluding hydrogens is 332 g/mol. The summed E-state index contributed by atoms with van der Waals surface area (Å²) < 4.78 is 0. The summed E-state index contributed by atoms with van der Waals surface area (Å²) in [6.07, 6.45) is 0. The van der Waals surface area contributed by atoms with Gasteiger partial charge in [0.1, 0.15) is 17.3 Å². The van der Waals surface area contributed by atoms with Crippen molar-refractivity contribution in [3.8, 4) is 0 Å². The molecule has 2 aromatic rings. The molecule has 0 saturated heterocycles. The number of rotatable bonds is 5. The average Bonchev–Trinajstić information content (AvgIpc) is 2.47. The Morgan fingerprint density at radius 2 is 1.79 bits per heavy atom. The topological polar surface area (TPSA) is 150 Å². The Hall–Kier alpha value is -2.88. The first-order valence-corrected chi connectivity index (χ1v) is 7.83. The van der Waals surface area contributed by atoms with Crippen LogP contribution < -0.4 is 16.8 Å². The molecule has 0 atom stereocenters. The molecule has 1 amide bonds. The zero-order valence-corrected chi connectivity index (χ0v) is 13.9. The van der Waals surface area contributed by atoms with Gasteiger partial charge in [-0.05, 0) is 31.0 Å². The van der Waals surface area contributed by atoms with Crippen LogP contribution in [0.2, 0.25) is 0 Å². The minimum atomic E-state index is -0.531. The number of nitrogens with one attached hydrogen (secondary N) is 1. The molecule has 0 aliphatic carbocycles. The molecule has 1 aromatic heterocycles. The smallest absolute Gasteiger partial charge is 0.293 e. The number of thioether (sulfide) groups is 1. The van der Waals surface area contributed by atoms with Crippen LogP contribution in [-0.2, 0) is 4.79 Å². The van der Waals surface area contributed by atoms with Crippen molar-refractivity contribution in [1.29, 1.82) is 0 Å². The fourth-order valence-corrected chi connectivity index (χ4v) is 2.57. The number of carbonyl (C=O) groups is 1. The van der Waals surface area contributed by atoms with Gasteiger partial charge in [-0.25, -0.2) is 9.97 Å². The van der Waals surface area contributed by atoms with Gasteiger partial charge in [0.05, 0.1) is 10.7 Å². The van der Waals surface area contributed by atoms with Gasteiger partial charge in [-0.1, -0.05) is 11.8 Å². The SMILES string of the molecule is Cc1cc(NC(=O)CSc2nc(N)cc(N)n2)c([N+](=O)[O-])cc1C. The van der Waals surface area contributed by atoms with Crippen LogP contribution in [0.4, 0.5) is 23.0 Å². The highest BCUT2D eigenvalue weighted by atomic mass is 32.2. The monoisotopic (exact) mass is 348 g/mol. The van der Waals surface area contributed by atoms with E-state index in [2.05, 4.69) is 15.3 Å². The number of aryl methyl sites for hydroxylation is 2. The second-order valence-electron chi connectivity index (χ2n) is 5.05. The predicted molar refractivity (Wildman–Crippen MR) is 92.8 cm³/mol. The van der Waals surface area contributed by atoms with E-state index in [0.717, 1.165) is 22.9 Å².